The average Bonchev–Trinajstić information content (AvgIpc) is 2.81. The minimum absolute atomic E-state index is 0.213. The molecule has 0 radical (unpaired) electrons. The number of fused-ring (bicyclic) bond motifs is 1. The highest BCUT2D eigenvalue weighted by Crippen LogP contribution is 2.12. The summed E-state index contributed by atoms with van der Waals surface area (Å²) in [7, 11) is -1.37. The number of pyridine rings is 1. The zero-order valence-electron chi connectivity index (χ0n) is 19.5. The van der Waals surface area contributed by atoms with Crippen molar-refractivity contribution in [2.45, 2.75) is 45.1 Å². The fourth-order valence-electron chi connectivity index (χ4n) is 3.30. The van der Waals surface area contributed by atoms with Gasteiger partial charge in [0.25, 0.3) is 5.91 Å². The fourth-order valence-corrected chi connectivity index (χ4v) is 3.30. The van der Waals surface area contributed by atoms with E-state index in [9.17, 15) is 14.7 Å². The molecule has 0 saturated heterocycles. The lowest BCUT2D eigenvalue weighted by molar-refractivity contribution is -0.139. The number of aryl methyl sites for hydroxylation is 1. The average molecular weight is 465 g/mol. The van der Waals surface area contributed by atoms with Crippen molar-refractivity contribution in [3.63, 3.8) is 0 Å². The van der Waals surface area contributed by atoms with E-state index >= 15 is 0 Å². The van der Waals surface area contributed by atoms with Crippen LogP contribution < -0.4 is 11.1 Å². The molecule has 0 fully saturated rings. The smallest absolute Gasteiger partial charge is 0.469 e. The lowest BCUT2D eigenvalue weighted by Crippen LogP contribution is -2.41. The third kappa shape index (κ3) is 8.94. The molecule has 0 unspecified atom stereocenters. The zero-order chi connectivity index (χ0) is 25.1. The number of carboxylic acid groups (broad SMARTS) is 1. The molecule has 1 amide bonds. The second kappa shape index (κ2) is 13.4. The van der Waals surface area contributed by atoms with Crippen molar-refractivity contribution in [3.05, 3.63) is 78.0 Å². The number of nitrogens with zero attached hydrogens (tertiary/aromatic N) is 1. The molecule has 6 N–H and O–H groups in total. The van der Waals surface area contributed by atoms with Gasteiger partial charge >= 0.3 is 13.1 Å². The highest BCUT2D eigenvalue weighted by atomic mass is 16.4. The van der Waals surface area contributed by atoms with Gasteiger partial charge in [-0.05, 0) is 42.9 Å². The summed E-state index contributed by atoms with van der Waals surface area (Å²) in [5.41, 5.74) is 7.26. The number of hydrogen-bond acceptors (Lipinski definition) is 6. The Labute approximate surface area is 200 Å². The largest absolute Gasteiger partial charge is 0.480 e. The van der Waals surface area contributed by atoms with Gasteiger partial charge in [-0.15, -0.1) is 0 Å². The maximum absolute atomic E-state index is 12.4. The number of carbonyl (C=O) groups is 2. The maximum atomic E-state index is 12.4. The molecule has 2 atom stereocenters. The minimum atomic E-state index is -1.37. The van der Waals surface area contributed by atoms with Crippen molar-refractivity contribution in [1.29, 1.82) is 0 Å². The summed E-state index contributed by atoms with van der Waals surface area (Å²) in [5.74, 6) is -1.61. The number of hydrogen-bond donors (Lipinski definition) is 5. The zero-order valence-corrected chi connectivity index (χ0v) is 19.5. The highest BCUT2D eigenvalue weighted by Gasteiger charge is 2.21. The summed E-state index contributed by atoms with van der Waals surface area (Å²) >= 11 is 0. The molecule has 0 aliphatic rings. The van der Waals surface area contributed by atoms with Gasteiger partial charge in [-0.25, -0.2) is 9.78 Å². The van der Waals surface area contributed by atoms with Crippen LogP contribution in [-0.4, -0.2) is 51.1 Å². The van der Waals surface area contributed by atoms with Crippen LogP contribution in [0.2, 0.25) is 0 Å². The highest BCUT2D eigenvalue weighted by molar-refractivity contribution is 6.43. The first-order valence-corrected chi connectivity index (χ1v) is 11.2. The van der Waals surface area contributed by atoms with E-state index in [2.05, 4.69) is 10.3 Å². The predicted molar refractivity (Wildman–Crippen MR) is 133 cm³/mol. The third-order valence-corrected chi connectivity index (χ3v) is 5.13. The van der Waals surface area contributed by atoms with Gasteiger partial charge in [-0.1, -0.05) is 68.4 Å². The standard InChI is InChI=1S/C20H18N2O3.C5H14BNO2/c23-19(17-13-11-15-8-4-5-9-16(15)21-17)22-18(20(24)25)12-10-14-6-2-1-3-7-14;1-4(2)3-5(7)6(8)9/h1-9,11,13,18H,10,12H2,(H,22,23)(H,24,25);4-5,8-9H,3,7H2,1-2H3/t18-;5-/m00/s1. The summed E-state index contributed by atoms with van der Waals surface area (Å²) in [6, 6.07) is 19.5. The van der Waals surface area contributed by atoms with E-state index in [1.165, 1.54) is 0 Å². The number of nitrogens with two attached hydrogens (primary N) is 1. The normalized spacial score (nSPS) is 12.4. The van der Waals surface area contributed by atoms with Crippen molar-refractivity contribution in [2.75, 3.05) is 0 Å². The van der Waals surface area contributed by atoms with Crippen molar-refractivity contribution < 1.29 is 24.7 Å². The molecule has 3 aromatic rings. The quantitative estimate of drug-likeness (QED) is 0.305. The lowest BCUT2D eigenvalue weighted by Gasteiger charge is -2.14. The number of benzene rings is 2. The third-order valence-electron chi connectivity index (χ3n) is 5.13. The summed E-state index contributed by atoms with van der Waals surface area (Å²) in [6.45, 7) is 3.98. The van der Waals surface area contributed by atoms with E-state index in [1.54, 1.807) is 12.1 Å². The van der Waals surface area contributed by atoms with Crippen molar-refractivity contribution in [3.8, 4) is 0 Å². The van der Waals surface area contributed by atoms with Gasteiger partial charge in [0, 0.05) is 11.3 Å². The summed E-state index contributed by atoms with van der Waals surface area (Å²) in [6.07, 6.45) is 1.54. The number of nitrogens with one attached hydrogen (secondary N) is 1. The molecule has 0 spiro atoms. The Hall–Kier alpha value is -3.27. The number of carboxylic acids is 1. The first kappa shape index (κ1) is 27.0. The van der Waals surface area contributed by atoms with Crippen LogP contribution in [0.5, 0.6) is 0 Å². The summed E-state index contributed by atoms with van der Waals surface area (Å²) in [5, 5.41) is 29.9. The molecule has 2 aromatic carbocycles. The molecule has 0 aliphatic carbocycles. The first-order chi connectivity index (χ1) is 16.2. The number of aromatic nitrogens is 1. The van der Waals surface area contributed by atoms with Gasteiger partial charge in [0.1, 0.15) is 11.7 Å². The molecule has 3 rings (SSSR count). The molecule has 1 aromatic heterocycles. The van der Waals surface area contributed by atoms with E-state index in [4.69, 9.17) is 15.8 Å². The monoisotopic (exact) mass is 465 g/mol. The molecule has 0 saturated carbocycles. The topological polar surface area (TPSA) is 146 Å². The maximum Gasteiger partial charge on any atom is 0.469 e. The van der Waals surface area contributed by atoms with Crippen molar-refractivity contribution in [2.24, 2.45) is 11.7 Å². The Morgan fingerprint density at radius 2 is 1.65 bits per heavy atom. The molecule has 0 aliphatic heterocycles. The molecule has 9 heteroatoms. The lowest BCUT2D eigenvalue weighted by atomic mass is 9.76. The number of aliphatic carboxylic acids is 1. The van der Waals surface area contributed by atoms with Crippen LogP contribution in [0.4, 0.5) is 0 Å². The molecule has 180 valence electrons. The van der Waals surface area contributed by atoms with Gasteiger partial charge < -0.3 is 26.2 Å². The Morgan fingerprint density at radius 3 is 2.24 bits per heavy atom. The Balaban J connectivity index is 0.000000387. The van der Waals surface area contributed by atoms with E-state index in [0.29, 0.717) is 30.7 Å². The molecule has 8 nitrogen and oxygen atoms in total. The molecular formula is C25H32BN3O5. The number of rotatable bonds is 9. The molecular weight excluding hydrogens is 433 g/mol. The molecule has 1 heterocycles. The van der Waals surface area contributed by atoms with Crippen LogP contribution >= 0.6 is 0 Å². The summed E-state index contributed by atoms with van der Waals surface area (Å²) < 4.78 is 0. The van der Waals surface area contributed by atoms with Crippen molar-refractivity contribution in [1.82, 2.24) is 10.3 Å². The van der Waals surface area contributed by atoms with Gasteiger partial charge in [0.15, 0.2) is 0 Å². The fraction of sp³-hybridized carbons (Fsp3) is 0.320. The van der Waals surface area contributed by atoms with Crippen LogP contribution in [0.25, 0.3) is 10.9 Å². The van der Waals surface area contributed by atoms with Crippen LogP contribution in [0.3, 0.4) is 0 Å². The van der Waals surface area contributed by atoms with Gasteiger partial charge in [0.2, 0.25) is 0 Å². The Kier molecular flexibility index (Phi) is 10.7. The van der Waals surface area contributed by atoms with Crippen LogP contribution in [0.15, 0.2) is 66.7 Å². The molecule has 34 heavy (non-hydrogen) atoms. The second-order valence-corrected chi connectivity index (χ2v) is 8.48. The van der Waals surface area contributed by atoms with E-state index in [-0.39, 0.29) is 5.69 Å². The van der Waals surface area contributed by atoms with Gasteiger partial charge in [0.05, 0.1) is 5.52 Å². The first-order valence-electron chi connectivity index (χ1n) is 11.2. The van der Waals surface area contributed by atoms with Crippen LogP contribution in [-0.2, 0) is 11.2 Å². The molecule has 0 bridgehead atoms. The number of para-hydroxylation sites is 1. The Morgan fingerprint density at radius 1 is 1.00 bits per heavy atom. The van der Waals surface area contributed by atoms with E-state index < -0.39 is 31.0 Å². The predicted octanol–water partition coefficient (Wildman–Crippen LogP) is 2.42. The van der Waals surface area contributed by atoms with Crippen LogP contribution in [0.1, 0.15) is 42.7 Å². The minimum Gasteiger partial charge on any atom is -0.480 e. The van der Waals surface area contributed by atoms with E-state index in [0.717, 1.165) is 10.9 Å². The second-order valence-electron chi connectivity index (χ2n) is 8.48. The SMILES string of the molecule is CC(C)C[C@H](N)B(O)O.O=C(N[C@@H](CCc1ccccc1)C(=O)O)c1ccc2ccccc2n1. The summed E-state index contributed by atoms with van der Waals surface area (Å²) in [4.78, 5) is 28.1. The van der Waals surface area contributed by atoms with Gasteiger partial charge in [-0.3, -0.25) is 4.79 Å². The van der Waals surface area contributed by atoms with E-state index in [1.807, 2.05) is 68.4 Å². The van der Waals surface area contributed by atoms with Gasteiger partial charge in [-0.2, -0.15) is 0 Å². The van der Waals surface area contributed by atoms with Crippen molar-refractivity contribution >= 4 is 29.9 Å². The Bertz CT molecular complexity index is 1060. The van der Waals surface area contributed by atoms with Crippen LogP contribution in [0, 0.1) is 5.92 Å². The number of amides is 1. The number of carbonyl (C=O) groups excluding carboxylic acids is 1.